The molecule has 4 aromatic rings. The third kappa shape index (κ3) is 10.5. The summed E-state index contributed by atoms with van der Waals surface area (Å²) >= 11 is 27.2. The maximum atomic E-state index is 5.63. The maximum absolute atomic E-state index is 5.63. The number of hydrogen-bond acceptors (Lipinski definition) is 10. The monoisotopic (exact) mass is 552 g/mol. The molecule has 33 heavy (non-hydrogen) atoms. The molecule has 0 aliphatic heterocycles. The zero-order valence-corrected chi connectivity index (χ0v) is 21.0. The molecule has 0 fully saturated rings. The number of halogens is 5. The second-order valence-electron chi connectivity index (χ2n) is 5.92. The van der Waals surface area contributed by atoms with Crippen molar-refractivity contribution in [3.05, 3.63) is 73.7 Å². The summed E-state index contributed by atoms with van der Waals surface area (Å²) in [6, 6.07) is 7.54. The lowest BCUT2D eigenvalue weighted by Crippen LogP contribution is -2.04. The van der Waals surface area contributed by atoms with Crippen LogP contribution in [0.15, 0.2) is 33.1 Å². The smallest absolute Gasteiger partial charge is 0.228 e. The highest BCUT2D eigenvalue weighted by Gasteiger charge is 2.04. The number of nitrogens with zero attached hydrogens (tertiary/aromatic N) is 6. The average Bonchev–Trinajstić information content (AvgIpc) is 3.33. The molecule has 0 atom stereocenters. The van der Waals surface area contributed by atoms with Crippen molar-refractivity contribution in [2.45, 2.75) is 26.9 Å². The van der Waals surface area contributed by atoms with Crippen LogP contribution in [-0.2, 0) is 13.1 Å². The summed E-state index contributed by atoms with van der Waals surface area (Å²) in [4.78, 5) is 21.7. The SMILES string of the molecule is Cc1ccc(CN)o1.Cc1ccc(CNc2nc(Cl)nc(Cl)n2)o1.Clc1nc(Cl)nc(Cl)n1. The molecule has 0 amide bonds. The van der Waals surface area contributed by atoms with Crippen LogP contribution < -0.4 is 11.1 Å². The lowest BCUT2D eigenvalue weighted by Gasteiger charge is -2.02. The summed E-state index contributed by atoms with van der Waals surface area (Å²) in [6.45, 7) is 4.73. The minimum Gasteiger partial charge on any atom is -0.465 e. The van der Waals surface area contributed by atoms with E-state index < -0.39 is 0 Å². The van der Waals surface area contributed by atoms with Crippen molar-refractivity contribution in [2.75, 3.05) is 5.32 Å². The molecular formula is C18H17Cl5N8O2. The lowest BCUT2D eigenvalue weighted by atomic mass is 10.4. The Labute approximate surface area is 213 Å². The summed E-state index contributed by atoms with van der Waals surface area (Å²) in [7, 11) is 0. The Bertz CT molecular complexity index is 1100. The van der Waals surface area contributed by atoms with E-state index in [1.807, 2.05) is 38.1 Å². The standard InChI is InChI=1S/C9H8Cl2N4O.C6H9NO.C3Cl3N3/c1-5-2-3-6(16-5)4-12-9-14-7(10)13-8(11)15-9;1-5-2-3-6(4-7)8-5;4-1-7-2(5)9-3(6)8-1/h2-3H,4H2,1H3,(H,12,13,14,15);2-3H,4,7H2,1H3;. The van der Waals surface area contributed by atoms with Crippen molar-refractivity contribution in [3.63, 3.8) is 0 Å². The minimum atomic E-state index is 0.000000000000000444. The van der Waals surface area contributed by atoms with Crippen molar-refractivity contribution in [1.29, 1.82) is 0 Å². The summed E-state index contributed by atoms with van der Waals surface area (Å²) in [6.07, 6.45) is 0. The number of anilines is 1. The van der Waals surface area contributed by atoms with E-state index in [0.717, 1.165) is 23.0 Å². The van der Waals surface area contributed by atoms with Gasteiger partial charge in [-0.25, -0.2) is 0 Å². The molecule has 0 bridgehead atoms. The van der Waals surface area contributed by atoms with E-state index in [4.69, 9.17) is 72.6 Å². The van der Waals surface area contributed by atoms with Gasteiger partial charge in [-0.1, -0.05) is 0 Å². The van der Waals surface area contributed by atoms with E-state index in [2.05, 4.69) is 35.2 Å². The first-order valence-corrected chi connectivity index (χ1v) is 10.9. The Balaban J connectivity index is 0.000000192. The third-order valence-electron chi connectivity index (χ3n) is 3.35. The minimum absolute atomic E-state index is 0.000000000000000444. The fraction of sp³-hybridized carbons (Fsp3) is 0.222. The van der Waals surface area contributed by atoms with Crippen LogP contribution >= 0.6 is 58.0 Å². The van der Waals surface area contributed by atoms with Crippen LogP contribution in [0.2, 0.25) is 26.4 Å². The predicted octanol–water partition coefficient (Wildman–Crippen LogP) is 5.57. The van der Waals surface area contributed by atoms with Gasteiger partial charge in [0.1, 0.15) is 23.0 Å². The fourth-order valence-corrected chi connectivity index (χ4v) is 3.02. The Morgan fingerprint density at radius 2 is 1.06 bits per heavy atom. The van der Waals surface area contributed by atoms with E-state index in [-0.39, 0.29) is 26.4 Å². The Morgan fingerprint density at radius 1 is 0.667 bits per heavy atom. The van der Waals surface area contributed by atoms with E-state index in [1.165, 1.54) is 0 Å². The summed E-state index contributed by atoms with van der Waals surface area (Å²) < 4.78 is 10.5. The average molecular weight is 555 g/mol. The second kappa shape index (κ2) is 13.5. The first-order chi connectivity index (χ1) is 15.6. The van der Waals surface area contributed by atoms with Gasteiger partial charge in [0.2, 0.25) is 32.4 Å². The number of nitrogens with one attached hydrogen (secondary N) is 1. The lowest BCUT2D eigenvalue weighted by molar-refractivity contribution is 0.485. The van der Waals surface area contributed by atoms with Gasteiger partial charge in [-0.15, -0.1) is 0 Å². The van der Waals surface area contributed by atoms with Gasteiger partial charge in [-0.05, 0) is 96.1 Å². The first kappa shape index (κ1) is 27.0. The van der Waals surface area contributed by atoms with Gasteiger partial charge < -0.3 is 19.9 Å². The fourth-order valence-electron chi connectivity index (χ4n) is 2.05. The van der Waals surface area contributed by atoms with Gasteiger partial charge in [0.05, 0.1) is 13.1 Å². The van der Waals surface area contributed by atoms with Gasteiger partial charge in [0.15, 0.2) is 0 Å². The highest BCUT2D eigenvalue weighted by molar-refractivity contribution is 6.33. The molecule has 10 nitrogen and oxygen atoms in total. The molecule has 0 saturated carbocycles. The zero-order valence-electron chi connectivity index (χ0n) is 17.2. The third-order valence-corrected chi connectivity index (χ3v) is 4.19. The van der Waals surface area contributed by atoms with E-state index in [1.54, 1.807) is 0 Å². The van der Waals surface area contributed by atoms with Gasteiger partial charge >= 0.3 is 0 Å². The van der Waals surface area contributed by atoms with Crippen molar-refractivity contribution >= 4 is 64.0 Å². The molecule has 4 heterocycles. The van der Waals surface area contributed by atoms with E-state index in [9.17, 15) is 0 Å². The molecule has 176 valence electrons. The Morgan fingerprint density at radius 3 is 1.39 bits per heavy atom. The maximum Gasteiger partial charge on any atom is 0.228 e. The number of aromatic nitrogens is 6. The van der Waals surface area contributed by atoms with Crippen LogP contribution in [0, 0.1) is 13.8 Å². The number of hydrogen-bond donors (Lipinski definition) is 2. The molecule has 0 aliphatic rings. The molecule has 4 aromatic heterocycles. The van der Waals surface area contributed by atoms with Crippen LogP contribution in [0.4, 0.5) is 5.95 Å². The summed E-state index contributed by atoms with van der Waals surface area (Å²) in [5, 5.41) is 3.04. The van der Waals surface area contributed by atoms with Crippen molar-refractivity contribution in [1.82, 2.24) is 29.9 Å². The highest BCUT2D eigenvalue weighted by Crippen LogP contribution is 2.12. The highest BCUT2D eigenvalue weighted by atomic mass is 35.5. The number of nitrogens with two attached hydrogens (primary N) is 1. The molecule has 4 rings (SSSR count). The molecule has 0 aliphatic carbocycles. The van der Waals surface area contributed by atoms with E-state index >= 15 is 0 Å². The van der Waals surface area contributed by atoms with E-state index in [0.29, 0.717) is 19.0 Å². The molecule has 0 saturated heterocycles. The van der Waals surface area contributed by atoms with Crippen LogP contribution in [0.3, 0.4) is 0 Å². The van der Waals surface area contributed by atoms with Crippen molar-refractivity contribution in [3.8, 4) is 0 Å². The number of rotatable bonds is 4. The molecule has 15 heteroatoms. The van der Waals surface area contributed by atoms with Crippen molar-refractivity contribution < 1.29 is 8.83 Å². The second-order valence-corrected chi connectivity index (χ2v) is 7.61. The molecule has 3 N–H and O–H groups in total. The summed E-state index contributed by atoms with van der Waals surface area (Å²) in [5.41, 5.74) is 5.27. The van der Waals surface area contributed by atoms with Crippen LogP contribution in [-0.4, -0.2) is 29.9 Å². The zero-order chi connectivity index (χ0) is 24.4. The summed E-state index contributed by atoms with van der Waals surface area (Å²) in [5.74, 6) is 3.72. The molecular weight excluding hydrogens is 538 g/mol. The van der Waals surface area contributed by atoms with Crippen LogP contribution in [0.1, 0.15) is 23.0 Å². The van der Waals surface area contributed by atoms with Gasteiger partial charge in [0.25, 0.3) is 0 Å². The van der Waals surface area contributed by atoms with Gasteiger partial charge in [-0.2, -0.15) is 29.9 Å². The number of furan rings is 2. The topological polar surface area (TPSA) is 142 Å². The quantitative estimate of drug-likeness (QED) is 0.329. The van der Waals surface area contributed by atoms with Crippen molar-refractivity contribution in [2.24, 2.45) is 5.73 Å². The predicted molar refractivity (Wildman–Crippen MR) is 127 cm³/mol. The largest absolute Gasteiger partial charge is 0.465 e. The first-order valence-electron chi connectivity index (χ1n) is 8.98. The Hall–Kier alpha value is -2.21. The molecule has 0 unspecified atom stereocenters. The normalized spacial score (nSPS) is 10.1. The molecule has 0 spiro atoms. The number of aryl methyl sites for hydroxylation is 2. The molecule has 0 radical (unpaired) electrons. The molecule has 0 aromatic carbocycles. The van der Waals surface area contributed by atoms with Gasteiger partial charge in [0, 0.05) is 0 Å². The Kier molecular flexibility index (Phi) is 11.0. The van der Waals surface area contributed by atoms with Crippen LogP contribution in [0.5, 0.6) is 0 Å². The van der Waals surface area contributed by atoms with Gasteiger partial charge in [-0.3, -0.25) is 0 Å². The van der Waals surface area contributed by atoms with Crippen LogP contribution in [0.25, 0.3) is 0 Å².